The van der Waals surface area contributed by atoms with Crippen molar-refractivity contribution in [1.29, 1.82) is 0 Å². The molecule has 7 nitrogen and oxygen atoms in total. The summed E-state index contributed by atoms with van der Waals surface area (Å²) in [5, 5.41) is 18.9. The van der Waals surface area contributed by atoms with Gasteiger partial charge in [0.25, 0.3) is 5.91 Å². The Hall–Kier alpha value is -2.89. The number of pyridine rings is 1. The Morgan fingerprint density at radius 3 is 2.43 bits per heavy atom. The number of aliphatic hydroxyl groups is 1. The lowest BCUT2D eigenvalue weighted by molar-refractivity contribution is -0.189. The number of anilines is 1. The molecule has 0 spiro atoms. The zero-order valence-corrected chi connectivity index (χ0v) is 20.3. The summed E-state index contributed by atoms with van der Waals surface area (Å²) in [5.74, 6) is -2.51. The molecule has 13 heteroatoms. The molecule has 0 unspecified atom stereocenters. The number of H-pyrrole nitrogens is 1. The Balaban J connectivity index is 2.14. The number of aryl methyl sites for hydroxylation is 1. The number of aromatic amines is 1. The highest BCUT2D eigenvalue weighted by molar-refractivity contribution is 6.33. The number of rotatable bonds is 6. The van der Waals surface area contributed by atoms with Gasteiger partial charge in [0.2, 0.25) is 0 Å². The van der Waals surface area contributed by atoms with Gasteiger partial charge in [-0.3, -0.25) is 9.89 Å². The van der Waals surface area contributed by atoms with Crippen molar-refractivity contribution in [3.8, 4) is 17.0 Å². The van der Waals surface area contributed by atoms with Crippen LogP contribution in [0, 0.1) is 12.7 Å². The van der Waals surface area contributed by atoms with Crippen molar-refractivity contribution in [2.45, 2.75) is 45.6 Å². The molecule has 1 aromatic carbocycles. The van der Waals surface area contributed by atoms with E-state index in [-0.39, 0.29) is 32.8 Å². The van der Waals surface area contributed by atoms with E-state index in [1.807, 2.05) is 0 Å². The number of benzene rings is 1. The Bertz CT molecular complexity index is 1250. The summed E-state index contributed by atoms with van der Waals surface area (Å²) in [4.78, 5) is 17.1. The molecule has 0 radical (unpaired) electrons. The summed E-state index contributed by atoms with van der Waals surface area (Å²) in [6.45, 7) is 5.12. The standard InChI is InChI=1S/C22H20Cl2F4N4O3/c1-9-17(19(24)32-31-9)30-20(33)12-7-14(25)11(8-16(12)35-10(2)22(26,27)28)15-6-5-13(23)18(29-15)21(3,4)34/h5-8,10,34H,1-4H3,(H,30,33)(H,31,32)/t10-/m0/s1. The number of aromatic nitrogens is 3. The number of nitrogens with zero attached hydrogens (tertiary/aromatic N) is 2. The van der Waals surface area contributed by atoms with Crippen molar-refractivity contribution in [2.24, 2.45) is 0 Å². The minimum absolute atomic E-state index is 0.0223. The molecular weight excluding hydrogens is 515 g/mol. The molecule has 0 aliphatic carbocycles. The average molecular weight is 535 g/mol. The number of amides is 1. The molecule has 3 rings (SSSR count). The van der Waals surface area contributed by atoms with Gasteiger partial charge < -0.3 is 15.2 Å². The molecule has 0 saturated carbocycles. The van der Waals surface area contributed by atoms with Crippen LogP contribution in [-0.4, -0.2) is 38.5 Å². The van der Waals surface area contributed by atoms with Gasteiger partial charge in [-0.05, 0) is 52.0 Å². The number of halogens is 6. The van der Waals surface area contributed by atoms with Crippen LogP contribution in [0.2, 0.25) is 10.2 Å². The SMILES string of the molecule is Cc1[nH]nc(Cl)c1NC(=O)c1cc(F)c(-c2ccc(Cl)c(C(C)(C)O)n2)cc1O[C@@H](C)C(F)(F)F. The summed E-state index contributed by atoms with van der Waals surface area (Å²) in [6.07, 6.45) is -7.09. The van der Waals surface area contributed by atoms with Crippen LogP contribution in [0.25, 0.3) is 11.3 Å². The number of hydrogen-bond donors (Lipinski definition) is 3. The van der Waals surface area contributed by atoms with Crippen LogP contribution in [0.5, 0.6) is 5.75 Å². The molecule has 1 amide bonds. The molecule has 0 bridgehead atoms. The first-order valence-corrected chi connectivity index (χ1v) is 10.8. The number of carbonyl (C=O) groups excluding carboxylic acids is 1. The van der Waals surface area contributed by atoms with E-state index in [0.29, 0.717) is 5.69 Å². The van der Waals surface area contributed by atoms with E-state index >= 15 is 4.39 Å². The molecule has 188 valence electrons. The number of carbonyl (C=O) groups is 1. The first-order chi connectivity index (χ1) is 16.1. The number of ether oxygens (including phenoxy) is 1. The van der Waals surface area contributed by atoms with Gasteiger partial charge in [-0.25, -0.2) is 9.37 Å². The highest BCUT2D eigenvalue weighted by atomic mass is 35.5. The van der Waals surface area contributed by atoms with Crippen LogP contribution >= 0.6 is 23.2 Å². The van der Waals surface area contributed by atoms with Crippen molar-refractivity contribution < 1.29 is 32.2 Å². The Kier molecular flexibility index (Phi) is 7.35. The zero-order valence-electron chi connectivity index (χ0n) is 18.8. The third-order valence-corrected chi connectivity index (χ3v) is 5.50. The summed E-state index contributed by atoms with van der Waals surface area (Å²) in [5.41, 5.74) is -1.86. The lowest BCUT2D eigenvalue weighted by Gasteiger charge is -2.21. The van der Waals surface area contributed by atoms with Gasteiger partial charge in [0.1, 0.15) is 22.9 Å². The van der Waals surface area contributed by atoms with Gasteiger partial charge in [-0.1, -0.05) is 23.2 Å². The maximum atomic E-state index is 15.2. The van der Waals surface area contributed by atoms with Crippen molar-refractivity contribution in [3.63, 3.8) is 0 Å². The topological polar surface area (TPSA) is 100 Å². The lowest BCUT2D eigenvalue weighted by Crippen LogP contribution is -2.32. The summed E-state index contributed by atoms with van der Waals surface area (Å²) >= 11 is 12.0. The molecule has 0 saturated heterocycles. The Labute approximate surface area is 207 Å². The quantitative estimate of drug-likeness (QED) is 0.335. The molecule has 2 aromatic heterocycles. The fraction of sp³-hybridized carbons (Fsp3) is 0.318. The van der Waals surface area contributed by atoms with Crippen molar-refractivity contribution in [3.05, 3.63) is 57.2 Å². The van der Waals surface area contributed by atoms with Gasteiger partial charge in [0.15, 0.2) is 11.3 Å². The molecule has 0 fully saturated rings. The maximum absolute atomic E-state index is 15.2. The molecule has 2 heterocycles. The Morgan fingerprint density at radius 1 is 1.23 bits per heavy atom. The minimum Gasteiger partial charge on any atom is -0.480 e. The second kappa shape index (κ2) is 9.63. The van der Waals surface area contributed by atoms with E-state index in [0.717, 1.165) is 19.1 Å². The highest BCUT2D eigenvalue weighted by Crippen LogP contribution is 2.36. The average Bonchev–Trinajstić information content (AvgIpc) is 3.05. The fourth-order valence-electron chi connectivity index (χ4n) is 3.03. The molecule has 3 aromatic rings. The van der Waals surface area contributed by atoms with Gasteiger partial charge in [0, 0.05) is 5.56 Å². The molecule has 1 atom stereocenters. The molecular formula is C22H20Cl2F4N4O3. The van der Waals surface area contributed by atoms with E-state index in [2.05, 4.69) is 20.5 Å². The monoisotopic (exact) mass is 534 g/mol. The zero-order chi connectivity index (χ0) is 26.3. The van der Waals surface area contributed by atoms with E-state index in [1.165, 1.54) is 26.0 Å². The third-order valence-electron chi connectivity index (χ3n) is 4.92. The fourth-order valence-corrected chi connectivity index (χ4v) is 3.60. The summed E-state index contributed by atoms with van der Waals surface area (Å²) in [6, 6.07) is 4.34. The number of hydrogen-bond acceptors (Lipinski definition) is 5. The number of alkyl halides is 3. The van der Waals surface area contributed by atoms with Crippen molar-refractivity contribution in [1.82, 2.24) is 15.2 Å². The maximum Gasteiger partial charge on any atom is 0.425 e. The number of nitrogens with one attached hydrogen (secondary N) is 2. The van der Waals surface area contributed by atoms with Crippen molar-refractivity contribution >= 4 is 34.8 Å². The predicted molar refractivity (Wildman–Crippen MR) is 122 cm³/mol. The van der Waals surface area contributed by atoms with Crippen LogP contribution in [0.4, 0.5) is 23.2 Å². The van der Waals surface area contributed by atoms with E-state index in [4.69, 9.17) is 27.9 Å². The van der Waals surface area contributed by atoms with Gasteiger partial charge in [0.05, 0.1) is 27.7 Å². The largest absolute Gasteiger partial charge is 0.480 e. The van der Waals surface area contributed by atoms with E-state index < -0.39 is 40.9 Å². The van der Waals surface area contributed by atoms with Crippen LogP contribution in [-0.2, 0) is 5.60 Å². The molecule has 3 N–H and O–H groups in total. The molecule has 0 aliphatic heterocycles. The second-order valence-corrected chi connectivity index (χ2v) is 8.95. The van der Waals surface area contributed by atoms with E-state index in [9.17, 15) is 23.1 Å². The normalized spacial score (nSPS) is 13.0. The highest BCUT2D eigenvalue weighted by Gasteiger charge is 2.39. The smallest absolute Gasteiger partial charge is 0.425 e. The van der Waals surface area contributed by atoms with Gasteiger partial charge >= 0.3 is 6.18 Å². The first kappa shape index (κ1) is 26.7. The van der Waals surface area contributed by atoms with Crippen LogP contribution in [0.1, 0.15) is 42.5 Å². The Morgan fingerprint density at radius 2 is 1.89 bits per heavy atom. The second-order valence-electron chi connectivity index (χ2n) is 8.18. The molecule has 0 aliphatic rings. The molecule has 35 heavy (non-hydrogen) atoms. The third kappa shape index (κ3) is 5.85. The predicted octanol–water partition coefficient (Wildman–Crippen LogP) is 6.04. The summed E-state index contributed by atoms with van der Waals surface area (Å²) < 4.78 is 59.9. The van der Waals surface area contributed by atoms with Gasteiger partial charge in [-0.15, -0.1) is 0 Å². The van der Waals surface area contributed by atoms with Crippen molar-refractivity contribution in [2.75, 3.05) is 5.32 Å². The van der Waals surface area contributed by atoms with Crippen LogP contribution in [0.3, 0.4) is 0 Å². The lowest BCUT2D eigenvalue weighted by atomic mass is 10.0. The summed E-state index contributed by atoms with van der Waals surface area (Å²) in [7, 11) is 0. The minimum atomic E-state index is -4.76. The van der Waals surface area contributed by atoms with E-state index in [1.54, 1.807) is 6.92 Å². The van der Waals surface area contributed by atoms with Crippen LogP contribution < -0.4 is 10.1 Å². The van der Waals surface area contributed by atoms with Gasteiger partial charge in [-0.2, -0.15) is 18.3 Å². The van der Waals surface area contributed by atoms with Crippen LogP contribution in [0.15, 0.2) is 24.3 Å². The first-order valence-electron chi connectivity index (χ1n) is 10.1.